The summed E-state index contributed by atoms with van der Waals surface area (Å²) >= 11 is 0. The molecule has 0 saturated carbocycles. The van der Waals surface area contributed by atoms with E-state index in [9.17, 15) is 9.90 Å². The van der Waals surface area contributed by atoms with Crippen LogP contribution in [0.1, 0.15) is 29.0 Å². The summed E-state index contributed by atoms with van der Waals surface area (Å²) in [6, 6.07) is 12.7. The Morgan fingerprint density at radius 2 is 1.90 bits per heavy atom. The Morgan fingerprint density at radius 1 is 1.06 bits per heavy atom. The number of rotatable bonds is 4. The molecule has 5 rings (SSSR count). The molecule has 160 valence electrons. The number of piperidine rings is 1. The van der Waals surface area contributed by atoms with Crippen LogP contribution in [0.5, 0.6) is 0 Å². The van der Waals surface area contributed by atoms with E-state index in [0.29, 0.717) is 31.4 Å². The molecule has 2 aromatic heterocycles. The van der Waals surface area contributed by atoms with Crippen LogP contribution >= 0.6 is 0 Å². The van der Waals surface area contributed by atoms with E-state index >= 15 is 0 Å². The quantitative estimate of drug-likeness (QED) is 0.701. The average Bonchev–Trinajstić information content (AvgIpc) is 3.19. The number of carbonyl (C=O) groups is 1. The molecule has 1 aromatic carbocycles. The fourth-order valence-electron chi connectivity index (χ4n) is 4.88. The fraction of sp³-hybridized carbons (Fsp3) is 0.417. The number of fused-ring (bicyclic) bond motifs is 1. The maximum Gasteiger partial charge on any atom is 0.274 e. The summed E-state index contributed by atoms with van der Waals surface area (Å²) in [7, 11) is 0. The SMILES string of the molecule is O=C(c1cnccn1)N1CCC(N2C[C@@H](Cc3ccc4ccccc4n3)[C@H](O)C2)CC1. The van der Waals surface area contributed by atoms with Crippen molar-refractivity contribution in [1.82, 2.24) is 24.8 Å². The van der Waals surface area contributed by atoms with Gasteiger partial charge in [-0.05, 0) is 31.4 Å². The van der Waals surface area contributed by atoms with E-state index in [1.54, 1.807) is 12.4 Å². The summed E-state index contributed by atoms with van der Waals surface area (Å²) in [6.45, 7) is 2.99. The molecule has 7 nitrogen and oxygen atoms in total. The largest absolute Gasteiger partial charge is 0.391 e. The van der Waals surface area contributed by atoms with Crippen LogP contribution in [0.25, 0.3) is 10.9 Å². The molecule has 0 spiro atoms. The van der Waals surface area contributed by atoms with Crippen molar-refractivity contribution in [3.8, 4) is 0 Å². The number of aliphatic hydroxyl groups excluding tert-OH is 1. The highest BCUT2D eigenvalue weighted by Gasteiger charge is 2.37. The number of hydrogen-bond acceptors (Lipinski definition) is 6. The number of nitrogens with zero attached hydrogens (tertiary/aromatic N) is 5. The smallest absolute Gasteiger partial charge is 0.274 e. The maximum absolute atomic E-state index is 12.6. The molecule has 3 aromatic rings. The van der Waals surface area contributed by atoms with Crippen molar-refractivity contribution in [2.75, 3.05) is 26.2 Å². The second-order valence-corrected chi connectivity index (χ2v) is 8.59. The maximum atomic E-state index is 12.6. The first-order valence-electron chi connectivity index (χ1n) is 11.0. The van der Waals surface area contributed by atoms with Crippen molar-refractivity contribution >= 4 is 16.8 Å². The Kier molecular flexibility index (Phi) is 5.61. The van der Waals surface area contributed by atoms with Crippen molar-refractivity contribution in [2.45, 2.75) is 31.4 Å². The molecular formula is C24H27N5O2. The van der Waals surface area contributed by atoms with Gasteiger partial charge in [0.25, 0.3) is 5.91 Å². The van der Waals surface area contributed by atoms with E-state index in [2.05, 4.69) is 33.1 Å². The molecule has 0 radical (unpaired) electrons. The summed E-state index contributed by atoms with van der Waals surface area (Å²) < 4.78 is 0. The average molecular weight is 418 g/mol. The van der Waals surface area contributed by atoms with Gasteiger partial charge in [0.15, 0.2) is 0 Å². The van der Waals surface area contributed by atoms with Crippen LogP contribution in [0, 0.1) is 5.92 Å². The molecule has 0 unspecified atom stereocenters. The summed E-state index contributed by atoms with van der Waals surface area (Å²) in [5, 5.41) is 11.8. The highest BCUT2D eigenvalue weighted by atomic mass is 16.3. The zero-order valence-electron chi connectivity index (χ0n) is 17.5. The number of pyridine rings is 1. The van der Waals surface area contributed by atoms with Crippen molar-refractivity contribution in [3.05, 3.63) is 66.4 Å². The molecule has 1 N–H and O–H groups in total. The molecule has 31 heavy (non-hydrogen) atoms. The molecule has 7 heteroatoms. The number of hydrogen-bond donors (Lipinski definition) is 1. The Labute approximate surface area is 181 Å². The highest BCUT2D eigenvalue weighted by Crippen LogP contribution is 2.27. The van der Waals surface area contributed by atoms with Crippen molar-refractivity contribution < 1.29 is 9.90 Å². The number of aromatic nitrogens is 3. The monoisotopic (exact) mass is 417 g/mol. The third kappa shape index (κ3) is 4.29. The van der Waals surface area contributed by atoms with E-state index in [1.807, 2.05) is 23.1 Å². The van der Waals surface area contributed by atoms with Crippen molar-refractivity contribution in [3.63, 3.8) is 0 Å². The van der Waals surface area contributed by atoms with Crippen LogP contribution in [0.4, 0.5) is 0 Å². The number of amides is 1. The van der Waals surface area contributed by atoms with Gasteiger partial charge < -0.3 is 10.0 Å². The zero-order valence-corrected chi connectivity index (χ0v) is 17.5. The third-order valence-electron chi connectivity index (χ3n) is 6.61. The standard InChI is InChI=1S/C24H27N5O2/c30-23-16-29(15-18(23)13-19-6-5-17-3-1-2-4-21(17)27-19)20-7-11-28(12-8-20)24(31)22-14-25-9-10-26-22/h1-6,9-10,14,18,20,23,30H,7-8,11-13,15-16H2/t18-,23-/m1/s1. The highest BCUT2D eigenvalue weighted by molar-refractivity contribution is 5.92. The van der Waals surface area contributed by atoms with Gasteiger partial charge in [-0.3, -0.25) is 19.7 Å². The minimum Gasteiger partial charge on any atom is -0.391 e. The molecule has 0 aliphatic carbocycles. The van der Waals surface area contributed by atoms with Gasteiger partial charge in [0.2, 0.25) is 0 Å². The van der Waals surface area contributed by atoms with Gasteiger partial charge >= 0.3 is 0 Å². The van der Waals surface area contributed by atoms with E-state index in [-0.39, 0.29) is 17.9 Å². The van der Waals surface area contributed by atoms with E-state index < -0.39 is 0 Å². The van der Waals surface area contributed by atoms with E-state index in [4.69, 9.17) is 4.98 Å². The Bertz CT molecular complexity index is 1050. The lowest BCUT2D eigenvalue weighted by Gasteiger charge is -2.36. The van der Waals surface area contributed by atoms with E-state index in [0.717, 1.165) is 42.4 Å². The molecule has 2 aliphatic heterocycles. The second-order valence-electron chi connectivity index (χ2n) is 8.59. The lowest BCUT2D eigenvalue weighted by molar-refractivity contribution is 0.0621. The van der Waals surface area contributed by atoms with Gasteiger partial charge in [-0.25, -0.2) is 4.98 Å². The number of benzene rings is 1. The van der Waals surface area contributed by atoms with Crippen LogP contribution in [-0.4, -0.2) is 74.1 Å². The summed E-state index contributed by atoms with van der Waals surface area (Å²) in [6.07, 6.45) is 6.93. The van der Waals surface area contributed by atoms with Gasteiger partial charge in [-0.1, -0.05) is 24.3 Å². The summed E-state index contributed by atoms with van der Waals surface area (Å²) in [4.78, 5) is 29.8. The predicted molar refractivity (Wildman–Crippen MR) is 117 cm³/mol. The molecule has 0 bridgehead atoms. The first-order chi connectivity index (χ1) is 15.2. The normalized spacial score (nSPS) is 22.8. The van der Waals surface area contributed by atoms with E-state index in [1.165, 1.54) is 6.20 Å². The van der Waals surface area contributed by atoms with Gasteiger partial charge in [-0.15, -0.1) is 0 Å². The fourth-order valence-corrected chi connectivity index (χ4v) is 4.88. The lowest BCUT2D eigenvalue weighted by atomic mass is 9.99. The topological polar surface area (TPSA) is 82.5 Å². The third-order valence-corrected chi connectivity index (χ3v) is 6.61. The van der Waals surface area contributed by atoms with Gasteiger partial charge in [0, 0.05) is 61.6 Å². The summed E-state index contributed by atoms with van der Waals surface area (Å²) in [5.74, 6) is 0.140. The van der Waals surface area contributed by atoms with Crippen LogP contribution in [0.15, 0.2) is 55.0 Å². The first kappa shape index (κ1) is 20.0. The Balaban J connectivity index is 1.17. The van der Waals surface area contributed by atoms with Crippen LogP contribution in [0.3, 0.4) is 0 Å². The summed E-state index contributed by atoms with van der Waals surface area (Å²) in [5.41, 5.74) is 2.44. The number of para-hydroxylation sites is 1. The molecule has 2 fully saturated rings. The minimum absolute atomic E-state index is 0.0479. The zero-order chi connectivity index (χ0) is 21.2. The predicted octanol–water partition coefficient (Wildman–Crippen LogP) is 2.16. The van der Waals surface area contributed by atoms with Gasteiger partial charge in [0.05, 0.1) is 17.8 Å². The van der Waals surface area contributed by atoms with Crippen LogP contribution in [-0.2, 0) is 6.42 Å². The van der Waals surface area contributed by atoms with Gasteiger partial charge in [0.1, 0.15) is 5.69 Å². The number of likely N-dealkylation sites (tertiary alicyclic amines) is 2. The number of β-amino-alcohol motifs (C(OH)–C–C–N with tert-alkyl or cyclic N) is 1. The van der Waals surface area contributed by atoms with Crippen LogP contribution in [0.2, 0.25) is 0 Å². The molecule has 2 atom stereocenters. The Morgan fingerprint density at radius 3 is 2.71 bits per heavy atom. The van der Waals surface area contributed by atoms with Crippen LogP contribution < -0.4 is 0 Å². The molecule has 4 heterocycles. The molecule has 1 amide bonds. The number of carbonyl (C=O) groups excluding carboxylic acids is 1. The minimum atomic E-state index is -0.340. The number of aliphatic hydroxyl groups is 1. The molecule has 2 aliphatic rings. The first-order valence-corrected chi connectivity index (χ1v) is 11.0. The van der Waals surface area contributed by atoms with Crippen molar-refractivity contribution in [2.24, 2.45) is 5.92 Å². The molecule has 2 saturated heterocycles. The van der Waals surface area contributed by atoms with Gasteiger partial charge in [-0.2, -0.15) is 0 Å². The van der Waals surface area contributed by atoms with Crippen molar-refractivity contribution in [1.29, 1.82) is 0 Å². The second kappa shape index (κ2) is 8.69. The Hall–Kier alpha value is -2.90. The molecular weight excluding hydrogens is 390 g/mol. The lowest BCUT2D eigenvalue weighted by Crippen LogP contribution is -2.46.